The standard InChI is InChI=1S/C27H52O6/c1-19(2)11-8-13-21(4)15-10-17-22(5)16-9-14-20(3)12-6-7-18-23(28)24(29)25(30)26(31)27(32)33/h12,19,21-26,28-31H,6-11,13-18H2,1-5H3,(H,32,33)/t21?,22?,23?,24-,25+,26-/m0/s1. The van der Waals surface area contributed by atoms with Crippen molar-refractivity contribution in [3.05, 3.63) is 11.6 Å². The fourth-order valence-corrected chi connectivity index (χ4v) is 4.22. The predicted molar refractivity (Wildman–Crippen MR) is 134 cm³/mol. The van der Waals surface area contributed by atoms with Crippen molar-refractivity contribution < 1.29 is 30.3 Å². The number of aliphatic hydroxyl groups excluding tert-OH is 4. The lowest BCUT2D eigenvalue weighted by Crippen LogP contribution is -2.47. The van der Waals surface area contributed by atoms with Crippen molar-refractivity contribution in [1.82, 2.24) is 0 Å². The van der Waals surface area contributed by atoms with Gasteiger partial charge in [0.1, 0.15) is 12.2 Å². The quantitative estimate of drug-likeness (QED) is 0.125. The van der Waals surface area contributed by atoms with Crippen molar-refractivity contribution in [1.29, 1.82) is 0 Å². The zero-order valence-corrected chi connectivity index (χ0v) is 21.7. The van der Waals surface area contributed by atoms with Gasteiger partial charge in [0.25, 0.3) is 0 Å². The van der Waals surface area contributed by atoms with Gasteiger partial charge in [0.15, 0.2) is 6.10 Å². The summed E-state index contributed by atoms with van der Waals surface area (Å²) in [7, 11) is 0. The second-order valence-corrected chi connectivity index (χ2v) is 10.7. The fourth-order valence-electron chi connectivity index (χ4n) is 4.22. The van der Waals surface area contributed by atoms with Gasteiger partial charge in [-0.2, -0.15) is 0 Å². The molecule has 5 N–H and O–H groups in total. The highest BCUT2D eigenvalue weighted by Crippen LogP contribution is 2.22. The number of carboxylic acids is 1. The van der Waals surface area contributed by atoms with Gasteiger partial charge in [-0.05, 0) is 56.8 Å². The van der Waals surface area contributed by atoms with Crippen LogP contribution in [0.25, 0.3) is 0 Å². The van der Waals surface area contributed by atoms with E-state index in [1.807, 2.05) is 0 Å². The molecule has 0 aliphatic heterocycles. The summed E-state index contributed by atoms with van der Waals surface area (Å²) in [4.78, 5) is 10.7. The summed E-state index contributed by atoms with van der Waals surface area (Å²) in [5, 5.41) is 47.2. The third-order valence-electron chi connectivity index (χ3n) is 6.66. The largest absolute Gasteiger partial charge is 0.479 e. The number of hydrogen-bond acceptors (Lipinski definition) is 5. The topological polar surface area (TPSA) is 118 Å². The SMILES string of the molecule is CC(=CCCCC(O)[C@H](O)[C@@H](O)[C@H](O)C(=O)O)CCCC(C)CCCC(C)CCCC(C)C. The average molecular weight is 473 g/mol. The zero-order valence-electron chi connectivity index (χ0n) is 21.7. The molecule has 0 aromatic heterocycles. The highest BCUT2D eigenvalue weighted by atomic mass is 16.4. The molecule has 0 aliphatic rings. The summed E-state index contributed by atoms with van der Waals surface area (Å²) in [5.74, 6) is 0.776. The number of aliphatic carboxylic acids is 1. The van der Waals surface area contributed by atoms with Crippen LogP contribution in [0, 0.1) is 17.8 Å². The van der Waals surface area contributed by atoms with Crippen molar-refractivity contribution in [2.24, 2.45) is 17.8 Å². The second-order valence-electron chi connectivity index (χ2n) is 10.7. The van der Waals surface area contributed by atoms with Crippen LogP contribution in [0.1, 0.15) is 112 Å². The number of carboxylic acid groups (broad SMARTS) is 1. The predicted octanol–water partition coefficient (Wildman–Crippen LogP) is 5.07. The Morgan fingerprint density at radius 2 is 1.24 bits per heavy atom. The molecule has 0 bridgehead atoms. The summed E-state index contributed by atoms with van der Waals surface area (Å²) in [5.41, 5.74) is 1.32. The van der Waals surface area contributed by atoms with Gasteiger partial charge in [-0.15, -0.1) is 0 Å². The van der Waals surface area contributed by atoms with E-state index in [1.165, 1.54) is 56.9 Å². The Kier molecular flexibility index (Phi) is 17.9. The number of rotatable bonds is 20. The molecule has 0 rings (SSSR count). The molecule has 0 aliphatic carbocycles. The summed E-state index contributed by atoms with van der Waals surface area (Å²) < 4.78 is 0. The molecule has 0 saturated heterocycles. The number of allylic oxidation sites excluding steroid dienone is 2. The third-order valence-corrected chi connectivity index (χ3v) is 6.66. The molecule has 0 amide bonds. The number of carbonyl (C=O) groups is 1. The summed E-state index contributed by atoms with van der Waals surface area (Å²) in [6.07, 6.45) is 8.23. The van der Waals surface area contributed by atoms with E-state index in [4.69, 9.17) is 5.11 Å². The molecule has 6 nitrogen and oxygen atoms in total. The van der Waals surface area contributed by atoms with Crippen molar-refractivity contribution in [3.8, 4) is 0 Å². The highest BCUT2D eigenvalue weighted by molar-refractivity contribution is 5.72. The van der Waals surface area contributed by atoms with Gasteiger partial charge in [-0.3, -0.25) is 0 Å². The molecule has 6 atom stereocenters. The van der Waals surface area contributed by atoms with Crippen LogP contribution in [0.5, 0.6) is 0 Å². The monoisotopic (exact) mass is 472 g/mol. The molecular formula is C27H52O6. The minimum absolute atomic E-state index is 0.223. The van der Waals surface area contributed by atoms with E-state index in [1.54, 1.807) is 0 Å². The molecule has 196 valence electrons. The molecule has 0 saturated carbocycles. The minimum atomic E-state index is -2.11. The summed E-state index contributed by atoms with van der Waals surface area (Å²) >= 11 is 0. The summed E-state index contributed by atoms with van der Waals surface area (Å²) in [6.45, 7) is 11.4. The Hall–Kier alpha value is -0.950. The molecule has 6 heteroatoms. The Balaban J connectivity index is 3.93. The van der Waals surface area contributed by atoms with Crippen molar-refractivity contribution in [2.75, 3.05) is 0 Å². The van der Waals surface area contributed by atoms with Crippen molar-refractivity contribution in [3.63, 3.8) is 0 Å². The molecule has 33 heavy (non-hydrogen) atoms. The maximum Gasteiger partial charge on any atom is 0.335 e. The van der Waals surface area contributed by atoms with Crippen LogP contribution in [-0.2, 0) is 4.79 Å². The van der Waals surface area contributed by atoms with Crippen LogP contribution in [0.15, 0.2) is 11.6 Å². The molecule has 0 aromatic rings. The molecule has 0 spiro atoms. The number of aliphatic hydroxyl groups is 4. The normalized spacial score (nSPS) is 18.1. The van der Waals surface area contributed by atoms with E-state index >= 15 is 0 Å². The van der Waals surface area contributed by atoms with E-state index in [9.17, 15) is 25.2 Å². The van der Waals surface area contributed by atoms with Gasteiger partial charge in [-0.25, -0.2) is 4.79 Å². The molecule has 0 heterocycles. The van der Waals surface area contributed by atoms with Crippen molar-refractivity contribution in [2.45, 2.75) is 136 Å². The highest BCUT2D eigenvalue weighted by Gasteiger charge is 2.33. The van der Waals surface area contributed by atoms with E-state index < -0.39 is 30.4 Å². The van der Waals surface area contributed by atoms with Gasteiger partial charge in [0.2, 0.25) is 0 Å². The Morgan fingerprint density at radius 1 is 0.727 bits per heavy atom. The maximum atomic E-state index is 10.7. The maximum absolute atomic E-state index is 10.7. The van der Waals surface area contributed by atoms with Gasteiger partial charge in [0, 0.05) is 0 Å². The average Bonchev–Trinajstić information content (AvgIpc) is 2.74. The van der Waals surface area contributed by atoms with Gasteiger partial charge >= 0.3 is 5.97 Å². The van der Waals surface area contributed by atoms with Crippen LogP contribution in [-0.4, -0.2) is 55.9 Å². The van der Waals surface area contributed by atoms with Gasteiger partial charge in [-0.1, -0.05) is 84.3 Å². The van der Waals surface area contributed by atoms with Crippen LogP contribution < -0.4 is 0 Å². The van der Waals surface area contributed by atoms with E-state index in [0.29, 0.717) is 6.42 Å². The first-order valence-electron chi connectivity index (χ1n) is 13.1. The molecule has 3 unspecified atom stereocenters. The first kappa shape index (κ1) is 32.0. The smallest absolute Gasteiger partial charge is 0.335 e. The zero-order chi connectivity index (χ0) is 25.4. The lowest BCUT2D eigenvalue weighted by Gasteiger charge is -2.24. The lowest BCUT2D eigenvalue weighted by atomic mass is 9.91. The van der Waals surface area contributed by atoms with E-state index in [-0.39, 0.29) is 6.42 Å². The Morgan fingerprint density at radius 3 is 1.76 bits per heavy atom. The fraction of sp³-hybridized carbons (Fsp3) is 0.889. The van der Waals surface area contributed by atoms with Crippen LogP contribution in [0.3, 0.4) is 0 Å². The van der Waals surface area contributed by atoms with Gasteiger partial charge in [0.05, 0.1) is 6.10 Å². The molecule has 0 fully saturated rings. The van der Waals surface area contributed by atoms with E-state index in [2.05, 4.69) is 40.7 Å². The van der Waals surface area contributed by atoms with Crippen LogP contribution >= 0.6 is 0 Å². The molecule has 0 radical (unpaired) electrons. The second kappa shape index (κ2) is 18.4. The Bertz CT molecular complexity index is 533. The Labute approximate surface area is 202 Å². The molecular weight excluding hydrogens is 420 g/mol. The van der Waals surface area contributed by atoms with Crippen LogP contribution in [0.2, 0.25) is 0 Å². The van der Waals surface area contributed by atoms with E-state index in [0.717, 1.165) is 30.6 Å². The van der Waals surface area contributed by atoms with Crippen LogP contribution in [0.4, 0.5) is 0 Å². The summed E-state index contributed by atoms with van der Waals surface area (Å²) in [6, 6.07) is 0. The lowest BCUT2D eigenvalue weighted by molar-refractivity contribution is -0.163. The van der Waals surface area contributed by atoms with Gasteiger partial charge < -0.3 is 25.5 Å². The first-order valence-corrected chi connectivity index (χ1v) is 13.1. The first-order chi connectivity index (χ1) is 15.5. The third kappa shape index (κ3) is 16.3. The minimum Gasteiger partial charge on any atom is -0.479 e. The molecule has 0 aromatic carbocycles. The van der Waals surface area contributed by atoms with Crippen molar-refractivity contribution >= 4 is 5.97 Å². The number of hydrogen-bond donors (Lipinski definition) is 5. The number of unbranched alkanes of at least 4 members (excludes halogenated alkanes) is 1.